The zero-order valence-corrected chi connectivity index (χ0v) is 16.4. The van der Waals surface area contributed by atoms with Gasteiger partial charge in [0.2, 0.25) is 5.78 Å². The van der Waals surface area contributed by atoms with E-state index in [-0.39, 0.29) is 23.5 Å². The van der Waals surface area contributed by atoms with Crippen LogP contribution in [-0.4, -0.2) is 47.4 Å². The molecule has 0 saturated carbocycles. The highest BCUT2D eigenvalue weighted by molar-refractivity contribution is 5.97. The number of pyridine rings is 1. The van der Waals surface area contributed by atoms with Crippen LogP contribution >= 0.6 is 0 Å². The molecule has 0 amide bonds. The van der Waals surface area contributed by atoms with Crippen molar-refractivity contribution in [2.45, 2.75) is 26.1 Å². The number of nitrogens with zero attached hydrogens (tertiary/aromatic N) is 2. The first-order chi connectivity index (χ1) is 14.3. The number of imidazole rings is 1. The van der Waals surface area contributed by atoms with Gasteiger partial charge < -0.3 is 19.2 Å². The molecule has 0 bridgehead atoms. The summed E-state index contributed by atoms with van der Waals surface area (Å²) in [6.45, 7) is 2.86. The average Bonchev–Trinajstić information content (AvgIpc) is 3.10. The molecule has 2 heterocycles. The highest BCUT2D eigenvalue weighted by atomic mass is 19.4. The average molecular weight is 423 g/mol. The Morgan fingerprint density at radius 2 is 2.00 bits per heavy atom. The van der Waals surface area contributed by atoms with E-state index in [4.69, 9.17) is 9.47 Å². The highest BCUT2D eigenvalue weighted by Crippen LogP contribution is 2.26. The number of fused-ring (bicyclic) bond motifs is 1. The minimum absolute atomic E-state index is 0.0294. The first-order valence-corrected chi connectivity index (χ1v) is 9.12. The zero-order chi connectivity index (χ0) is 21.7. The van der Waals surface area contributed by atoms with E-state index in [0.29, 0.717) is 30.2 Å². The summed E-state index contributed by atoms with van der Waals surface area (Å²) in [5, 5.41) is 0. The molecule has 0 fully saturated rings. The maximum Gasteiger partial charge on any atom is 0.573 e. The van der Waals surface area contributed by atoms with Crippen molar-refractivity contribution in [1.29, 1.82) is 0 Å². The van der Waals surface area contributed by atoms with Crippen LogP contribution in [0.15, 0.2) is 30.5 Å². The second kappa shape index (κ2) is 9.12. The van der Waals surface area contributed by atoms with Crippen molar-refractivity contribution >= 4 is 16.8 Å². The number of ether oxygens (including phenoxy) is 3. The van der Waals surface area contributed by atoms with Crippen LogP contribution in [0.1, 0.15) is 28.3 Å². The number of carbonyl (C=O) groups is 1. The topological polar surface area (TPSA) is 86.3 Å². The Balaban J connectivity index is 1.73. The molecule has 0 spiro atoms. The van der Waals surface area contributed by atoms with Gasteiger partial charge in [-0.25, -0.2) is 4.98 Å². The molecule has 1 aromatic carbocycles. The van der Waals surface area contributed by atoms with Crippen molar-refractivity contribution in [2.24, 2.45) is 0 Å². The molecule has 10 heteroatoms. The lowest BCUT2D eigenvalue weighted by Gasteiger charge is -2.11. The number of aromatic nitrogens is 3. The number of hydrogen-bond donors (Lipinski definition) is 1. The molecule has 3 aromatic rings. The highest BCUT2D eigenvalue weighted by Gasteiger charge is 2.31. The third kappa shape index (κ3) is 5.47. The summed E-state index contributed by atoms with van der Waals surface area (Å²) in [6.07, 6.45) is -2.55. The maximum atomic E-state index is 12.7. The molecule has 2 aromatic heterocycles. The van der Waals surface area contributed by atoms with E-state index in [1.54, 1.807) is 26.3 Å². The minimum atomic E-state index is -4.80. The number of H-pyrrole nitrogens is 1. The van der Waals surface area contributed by atoms with Gasteiger partial charge in [0.05, 0.1) is 29.8 Å². The molecule has 0 atom stereocenters. The van der Waals surface area contributed by atoms with Crippen LogP contribution in [0.25, 0.3) is 11.0 Å². The van der Waals surface area contributed by atoms with Crippen LogP contribution in [0.5, 0.6) is 11.5 Å². The number of alkyl halides is 3. The van der Waals surface area contributed by atoms with Crippen LogP contribution in [0.2, 0.25) is 0 Å². The molecule has 0 unspecified atom stereocenters. The Morgan fingerprint density at radius 3 is 2.73 bits per heavy atom. The van der Waals surface area contributed by atoms with Crippen molar-refractivity contribution in [3.8, 4) is 11.5 Å². The van der Waals surface area contributed by atoms with Gasteiger partial charge in [0.15, 0.2) is 5.82 Å². The summed E-state index contributed by atoms with van der Waals surface area (Å²) in [5.74, 6) is -0.0998. The van der Waals surface area contributed by atoms with Crippen molar-refractivity contribution in [3.05, 3.63) is 47.5 Å². The van der Waals surface area contributed by atoms with Crippen molar-refractivity contribution in [2.75, 3.05) is 20.3 Å². The van der Waals surface area contributed by atoms with Gasteiger partial charge in [-0.1, -0.05) is 0 Å². The number of aromatic amines is 1. The van der Waals surface area contributed by atoms with E-state index in [1.807, 2.05) is 0 Å². The number of nitrogens with one attached hydrogen (secondary N) is 1. The molecule has 0 saturated heterocycles. The number of benzene rings is 1. The predicted molar refractivity (Wildman–Crippen MR) is 102 cm³/mol. The molecule has 3 rings (SSSR count). The second-order valence-corrected chi connectivity index (χ2v) is 6.49. The van der Waals surface area contributed by atoms with Gasteiger partial charge >= 0.3 is 6.36 Å². The molecular weight excluding hydrogens is 403 g/mol. The van der Waals surface area contributed by atoms with Gasteiger partial charge in [-0.05, 0) is 25.1 Å². The van der Waals surface area contributed by atoms with Crippen molar-refractivity contribution in [1.82, 2.24) is 15.0 Å². The summed E-state index contributed by atoms with van der Waals surface area (Å²) in [6, 6.07) is 5.37. The van der Waals surface area contributed by atoms with Gasteiger partial charge in [-0.2, -0.15) is 0 Å². The molecule has 7 nitrogen and oxygen atoms in total. The largest absolute Gasteiger partial charge is 0.573 e. The number of halogens is 3. The molecular formula is C20H20F3N3O4. The summed E-state index contributed by atoms with van der Waals surface area (Å²) in [7, 11) is 1.61. The number of rotatable bonds is 9. The van der Waals surface area contributed by atoms with E-state index in [1.165, 1.54) is 6.07 Å². The Bertz CT molecular complexity index is 1030. The van der Waals surface area contributed by atoms with E-state index in [2.05, 4.69) is 19.7 Å². The fourth-order valence-corrected chi connectivity index (χ4v) is 2.83. The third-order valence-corrected chi connectivity index (χ3v) is 4.29. The molecule has 160 valence electrons. The van der Waals surface area contributed by atoms with Crippen molar-refractivity contribution in [3.63, 3.8) is 0 Å². The van der Waals surface area contributed by atoms with Gasteiger partial charge in [0, 0.05) is 38.0 Å². The Hall–Kier alpha value is -3.14. The van der Waals surface area contributed by atoms with E-state index >= 15 is 0 Å². The van der Waals surface area contributed by atoms with Crippen LogP contribution in [0.4, 0.5) is 13.2 Å². The Labute approximate surface area is 170 Å². The summed E-state index contributed by atoms with van der Waals surface area (Å²) in [4.78, 5) is 23.8. The monoisotopic (exact) mass is 423 g/mol. The summed E-state index contributed by atoms with van der Waals surface area (Å²) < 4.78 is 51.7. The summed E-state index contributed by atoms with van der Waals surface area (Å²) in [5.41, 5.74) is 1.89. The van der Waals surface area contributed by atoms with Crippen LogP contribution in [0, 0.1) is 6.92 Å². The maximum absolute atomic E-state index is 12.7. The van der Waals surface area contributed by atoms with E-state index in [9.17, 15) is 18.0 Å². The quantitative estimate of drug-likeness (QED) is 0.414. The normalized spacial score (nSPS) is 11.6. The van der Waals surface area contributed by atoms with Crippen LogP contribution in [0.3, 0.4) is 0 Å². The predicted octanol–water partition coefficient (Wildman–Crippen LogP) is 4.01. The number of carbonyl (C=O) groups excluding carboxylic acids is 1. The van der Waals surface area contributed by atoms with Crippen LogP contribution < -0.4 is 9.47 Å². The third-order valence-electron chi connectivity index (χ3n) is 4.29. The fraction of sp³-hybridized carbons (Fsp3) is 0.350. The molecule has 0 aliphatic heterocycles. The number of ketones is 1. The minimum Gasteiger partial charge on any atom is -0.493 e. The molecule has 30 heavy (non-hydrogen) atoms. The lowest BCUT2D eigenvalue weighted by molar-refractivity contribution is -0.274. The Morgan fingerprint density at radius 1 is 1.20 bits per heavy atom. The zero-order valence-electron chi connectivity index (χ0n) is 16.4. The lowest BCUT2D eigenvalue weighted by atomic mass is 10.1. The number of Topliss-reactive ketones (excluding diaryl/α,β-unsaturated/α-hetero) is 1. The van der Waals surface area contributed by atoms with Crippen molar-refractivity contribution < 1.29 is 32.2 Å². The summed E-state index contributed by atoms with van der Waals surface area (Å²) >= 11 is 0. The fourth-order valence-electron chi connectivity index (χ4n) is 2.83. The molecule has 0 aliphatic carbocycles. The first-order valence-electron chi connectivity index (χ1n) is 9.12. The second-order valence-electron chi connectivity index (χ2n) is 6.49. The molecule has 0 radical (unpaired) electrons. The van der Waals surface area contributed by atoms with Gasteiger partial charge in [0.25, 0.3) is 0 Å². The van der Waals surface area contributed by atoms with Crippen LogP contribution in [-0.2, 0) is 11.2 Å². The molecule has 0 aliphatic rings. The van der Waals surface area contributed by atoms with Gasteiger partial charge in [-0.15, -0.1) is 13.2 Å². The molecule has 1 N–H and O–H groups in total. The van der Waals surface area contributed by atoms with Gasteiger partial charge in [-0.3, -0.25) is 9.78 Å². The Kier molecular flexibility index (Phi) is 6.56. The van der Waals surface area contributed by atoms with Gasteiger partial charge in [0.1, 0.15) is 11.5 Å². The van der Waals surface area contributed by atoms with E-state index < -0.39 is 12.1 Å². The SMILES string of the molecule is COCCCOc1ccnc(CC(=O)c2nc3cc(OC(F)(F)F)ccc3[nH]2)c1C. The standard InChI is InChI=1S/C20H20F3N3O4/c1-12-15(24-7-6-18(12)29-9-3-8-28-2)11-17(27)19-25-14-5-4-13(10-16(14)26-19)30-20(21,22)23/h4-7,10H,3,8-9,11H2,1-2H3,(H,25,26). The lowest BCUT2D eigenvalue weighted by Crippen LogP contribution is -2.16. The van der Waals surface area contributed by atoms with E-state index in [0.717, 1.165) is 24.1 Å². The number of hydrogen-bond acceptors (Lipinski definition) is 6. The smallest absolute Gasteiger partial charge is 0.493 e. The number of methoxy groups -OCH3 is 1. The first kappa shape index (κ1) is 21.6.